The van der Waals surface area contributed by atoms with Gasteiger partial charge in [0.1, 0.15) is 0 Å². The summed E-state index contributed by atoms with van der Waals surface area (Å²) in [7, 11) is 0. The highest BCUT2D eigenvalue weighted by atomic mass is 15.3. The molecule has 1 heterocycles. The fourth-order valence-corrected chi connectivity index (χ4v) is 1.39. The van der Waals surface area contributed by atoms with E-state index in [0.717, 1.165) is 16.6 Å². The monoisotopic (exact) mass is 184 g/mol. The van der Waals surface area contributed by atoms with Crippen LogP contribution in [0.25, 0.3) is 16.6 Å². The zero-order chi connectivity index (χ0) is 9.97. The van der Waals surface area contributed by atoms with Gasteiger partial charge in [-0.1, -0.05) is 30.9 Å². The van der Waals surface area contributed by atoms with Gasteiger partial charge >= 0.3 is 0 Å². The summed E-state index contributed by atoms with van der Waals surface area (Å²) < 4.78 is 1.87. The van der Waals surface area contributed by atoms with Gasteiger partial charge in [0, 0.05) is 17.3 Å². The van der Waals surface area contributed by atoms with Gasteiger partial charge < -0.3 is 0 Å². The molecule has 0 N–H and O–H groups in total. The van der Waals surface area contributed by atoms with Gasteiger partial charge in [0.25, 0.3) is 0 Å². The van der Waals surface area contributed by atoms with Crippen LogP contribution in [0.5, 0.6) is 0 Å². The maximum atomic E-state index is 4.43. The van der Waals surface area contributed by atoms with Crippen LogP contribution in [0.15, 0.2) is 49.2 Å². The Labute approximate surface area is 83.2 Å². The molecule has 0 amide bonds. The van der Waals surface area contributed by atoms with Gasteiger partial charge in [0.15, 0.2) is 0 Å². The quantitative estimate of drug-likeness (QED) is 0.656. The van der Waals surface area contributed by atoms with Crippen molar-refractivity contribution >= 4 is 16.6 Å². The summed E-state index contributed by atoms with van der Waals surface area (Å²) in [6, 6.07) is 8.07. The lowest BCUT2D eigenvalue weighted by Gasteiger charge is -1.97. The third-order valence-electron chi connectivity index (χ3n) is 2.13. The average Bonchev–Trinajstić information content (AvgIpc) is 2.61. The first-order chi connectivity index (χ1) is 6.81. The van der Waals surface area contributed by atoms with E-state index in [2.05, 4.69) is 17.7 Å². The highest BCUT2D eigenvalue weighted by Crippen LogP contribution is 2.13. The molecule has 0 fully saturated rings. The van der Waals surface area contributed by atoms with E-state index in [9.17, 15) is 0 Å². The maximum Gasteiger partial charge on any atom is 0.0927 e. The Kier molecular flexibility index (Phi) is 2.19. The van der Waals surface area contributed by atoms with Crippen molar-refractivity contribution in [2.45, 2.75) is 6.92 Å². The lowest BCUT2D eigenvalue weighted by Crippen LogP contribution is -1.92. The Morgan fingerprint density at radius 1 is 1.43 bits per heavy atom. The lowest BCUT2D eigenvalue weighted by atomic mass is 10.3. The van der Waals surface area contributed by atoms with Gasteiger partial charge in [-0.2, -0.15) is 5.10 Å². The summed E-state index contributed by atoms with van der Waals surface area (Å²) in [4.78, 5) is 0. The molecule has 14 heavy (non-hydrogen) atoms. The number of fused-ring (bicyclic) bond motifs is 1. The van der Waals surface area contributed by atoms with E-state index in [1.165, 1.54) is 0 Å². The topological polar surface area (TPSA) is 17.8 Å². The maximum absolute atomic E-state index is 4.43. The summed E-state index contributed by atoms with van der Waals surface area (Å²) in [6.07, 6.45) is 5.72. The molecule has 0 saturated carbocycles. The summed E-state index contributed by atoms with van der Waals surface area (Å²) in [6.45, 7) is 5.67. The number of benzene rings is 1. The van der Waals surface area contributed by atoms with Gasteiger partial charge in [-0.05, 0) is 19.1 Å². The van der Waals surface area contributed by atoms with Crippen molar-refractivity contribution in [3.8, 4) is 0 Å². The second kappa shape index (κ2) is 3.50. The van der Waals surface area contributed by atoms with Crippen LogP contribution in [-0.4, -0.2) is 9.78 Å². The highest BCUT2D eigenvalue weighted by Gasteiger charge is 1.99. The van der Waals surface area contributed by atoms with Gasteiger partial charge in [0.2, 0.25) is 0 Å². The molecule has 0 bridgehead atoms. The standard InChI is InChI=1S/C12H12N2/c1-3-6-10(2)14-9-11-7-4-5-8-12(11)13-14/h3-9H,1H2,2H3. The molecule has 0 unspecified atom stereocenters. The minimum Gasteiger partial charge on any atom is -0.244 e. The summed E-state index contributed by atoms with van der Waals surface area (Å²) >= 11 is 0. The van der Waals surface area contributed by atoms with E-state index in [1.807, 2.05) is 42.1 Å². The number of hydrogen-bond acceptors (Lipinski definition) is 1. The Hall–Kier alpha value is -1.83. The number of allylic oxidation sites excluding steroid dienone is 3. The molecule has 2 nitrogen and oxygen atoms in total. The zero-order valence-corrected chi connectivity index (χ0v) is 8.14. The van der Waals surface area contributed by atoms with E-state index in [4.69, 9.17) is 0 Å². The third kappa shape index (κ3) is 1.46. The molecule has 2 rings (SSSR count). The van der Waals surface area contributed by atoms with Crippen molar-refractivity contribution in [2.24, 2.45) is 0 Å². The molecule has 0 spiro atoms. The molecule has 1 aromatic carbocycles. The van der Waals surface area contributed by atoms with Crippen molar-refractivity contribution in [1.29, 1.82) is 0 Å². The van der Waals surface area contributed by atoms with Crippen molar-refractivity contribution in [3.63, 3.8) is 0 Å². The molecule has 70 valence electrons. The van der Waals surface area contributed by atoms with Crippen molar-refractivity contribution < 1.29 is 0 Å². The second-order valence-corrected chi connectivity index (χ2v) is 3.18. The molecule has 0 saturated heterocycles. The Morgan fingerprint density at radius 2 is 2.21 bits per heavy atom. The van der Waals surface area contributed by atoms with Crippen LogP contribution in [0.3, 0.4) is 0 Å². The van der Waals surface area contributed by atoms with E-state index in [0.29, 0.717) is 0 Å². The molecular weight excluding hydrogens is 172 g/mol. The minimum atomic E-state index is 1.02. The lowest BCUT2D eigenvalue weighted by molar-refractivity contribution is 0.912. The smallest absolute Gasteiger partial charge is 0.0927 e. The first kappa shape index (κ1) is 8.75. The molecule has 0 radical (unpaired) electrons. The number of nitrogens with zero attached hydrogens (tertiary/aromatic N) is 2. The average molecular weight is 184 g/mol. The number of hydrogen-bond donors (Lipinski definition) is 0. The summed E-state index contributed by atoms with van der Waals surface area (Å²) in [5.41, 5.74) is 2.08. The van der Waals surface area contributed by atoms with Gasteiger partial charge in [-0.3, -0.25) is 0 Å². The van der Waals surface area contributed by atoms with Crippen LogP contribution in [0.1, 0.15) is 6.92 Å². The van der Waals surface area contributed by atoms with Crippen molar-refractivity contribution in [3.05, 3.63) is 49.2 Å². The van der Waals surface area contributed by atoms with E-state index in [1.54, 1.807) is 6.08 Å². The molecule has 0 aliphatic rings. The Balaban J connectivity index is 2.55. The van der Waals surface area contributed by atoms with Gasteiger partial charge in [-0.25, -0.2) is 4.68 Å². The van der Waals surface area contributed by atoms with Crippen molar-refractivity contribution in [2.75, 3.05) is 0 Å². The van der Waals surface area contributed by atoms with Crippen LogP contribution < -0.4 is 0 Å². The van der Waals surface area contributed by atoms with Crippen LogP contribution >= 0.6 is 0 Å². The van der Waals surface area contributed by atoms with Gasteiger partial charge in [0.05, 0.1) is 5.52 Å². The molecule has 0 aliphatic heterocycles. The van der Waals surface area contributed by atoms with Crippen molar-refractivity contribution in [1.82, 2.24) is 9.78 Å². The Bertz CT molecular complexity index is 459. The summed E-state index contributed by atoms with van der Waals surface area (Å²) in [5, 5.41) is 5.59. The largest absolute Gasteiger partial charge is 0.244 e. The number of aromatic nitrogens is 2. The first-order valence-electron chi connectivity index (χ1n) is 4.55. The third-order valence-corrected chi connectivity index (χ3v) is 2.13. The molecule has 0 atom stereocenters. The fourth-order valence-electron chi connectivity index (χ4n) is 1.39. The normalized spacial score (nSPS) is 11.9. The molecular formula is C12H12N2. The van der Waals surface area contributed by atoms with Gasteiger partial charge in [-0.15, -0.1) is 0 Å². The number of rotatable bonds is 2. The first-order valence-corrected chi connectivity index (χ1v) is 4.55. The molecule has 0 aliphatic carbocycles. The summed E-state index contributed by atoms with van der Waals surface area (Å²) in [5.74, 6) is 0. The molecule has 1 aromatic heterocycles. The van der Waals surface area contributed by atoms with E-state index < -0.39 is 0 Å². The zero-order valence-electron chi connectivity index (χ0n) is 8.14. The SMILES string of the molecule is C=CC=C(C)n1cc2ccccc2n1. The predicted octanol–water partition coefficient (Wildman–Crippen LogP) is 3.08. The Morgan fingerprint density at radius 3 is 2.93 bits per heavy atom. The minimum absolute atomic E-state index is 1.02. The van der Waals surface area contributed by atoms with Crippen LogP contribution in [0, 0.1) is 0 Å². The fraction of sp³-hybridized carbons (Fsp3) is 0.0833. The van der Waals surface area contributed by atoms with Crippen LogP contribution in [0.4, 0.5) is 0 Å². The van der Waals surface area contributed by atoms with E-state index >= 15 is 0 Å². The highest BCUT2D eigenvalue weighted by molar-refractivity contribution is 5.78. The predicted molar refractivity (Wildman–Crippen MR) is 59.9 cm³/mol. The second-order valence-electron chi connectivity index (χ2n) is 3.18. The van der Waals surface area contributed by atoms with E-state index in [-0.39, 0.29) is 0 Å². The van der Waals surface area contributed by atoms with Crippen LogP contribution in [0.2, 0.25) is 0 Å². The van der Waals surface area contributed by atoms with Crippen LogP contribution in [-0.2, 0) is 0 Å². The molecule has 2 heteroatoms. The molecule has 2 aromatic rings.